The van der Waals surface area contributed by atoms with Crippen molar-refractivity contribution in [2.75, 3.05) is 13.7 Å². The Morgan fingerprint density at radius 1 is 1.22 bits per heavy atom. The summed E-state index contributed by atoms with van der Waals surface area (Å²) in [6.07, 6.45) is 0.516. The van der Waals surface area contributed by atoms with Gasteiger partial charge in [0, 0.05) is 6.54 Å². The molecule has 0 bridgehead atoms. The first-order valence-corrected chi connectivity index (χ1v) is 8.58. The van der Waals surface area contributed by atoms with Gasteiger partial charge in [0.2, 0.25) is 10.0 Å². The molecule has 23 heavy (non-hydrogen) atoms. The molecule has 6 heteroatoms. The maximum Gasteiger partial charge on any atom is 0.240 e. The zero-order valence-corrected chi connectivity index (χ0v) is 13.9. The molecule has 0 heterocycles. The molecule has 0 saturated heterocycles. The fourth-order valence-electron chi connectivity index (χ4n) is 2.24. The van der Waals surface area contributed by atoms with Crippen molar-refractivity contribution in [3.63, 3.8) is 0 Å². The monoisotopic (exact) mass is 330 g/mol. The molecule has 2 aromatic carbocycles. The van der Waals surface area contributed by atoms with E-state index in [2.05, 4.69) is 4.72 Å². The highest BCUT2D eigenvalue weighted by molar-refractivity contribution is 7.89. The zero-order valence-electron chi connectivity index (χ0n) is 13.0. The van der Waals surface area contributed by atoms with Gasteiger partial charge in [0.25, 0.3) is 0 Å². The maximum absolute atomic E-state index is 12.3. The Hall–Kier alpha value is -2.36. The Bertz CT molecular complexity index is 839. The van der Waals surface area contributed by atoms with E-state index in [1.165, 1.54) is 12.1 Å². The lowest BCUT2D eigenvalue weighted by Crippen LogP contribution is -2.26. The summed E-state index contributed by atoms with van der Waals surface area (Å²) in [6.45, 7) is 2.22. The van der Waals surface area contributed by atoms with Crippen molar-refractivity contribution >= 4 is 10.0 Å². The molecule has 0 aliphatic rings. The molecule has 120 valence electrons. The van der Waals surface area contributed by atoms with E-state index in [1.54, 1.807) is 19.2 Å². The molecule has 0 spiro atoms. The highest BCUT2D eigenvalue weighted by Gasteiger charge is 2.14. The van der Waals surface area contributed by atoms with Crippen LogP contribution < -0.4 is 9.46 Å². The summed E-state index contributed by atoms with van der Waals surface area (Å²) in [5.41, 5.74) is 2.35. The lowest BCUT2D eigenvalue weighted by Gasteiger charge is -2.11. The van der Waals surface area contributed by atoms with E-state index < -0.39 is 10.0 Å². The molecular weight excluding hydrogens is 312 g/mol. The summed E-state index contributed by atoms with van der Waals surface area (Å²) in [5, 5.41) is 8.86. The second-order valence-corrected chi connectivity index (χ2v) is 6.87. The Kier molecular flexibility index (Phi) is 5.37. The van der Waals surface area contributed by atoms with Crippen LogP contribution in [0.3, 0.4) is 0 Å². The number of rotatable bonds is 6. The van der Waals surface area contributed by atoms with Gasteiger partial charge in [-0.3, -0.25) is 0 Å². The van der Waals surface area contributed by atoms with Crippen molar-refractivity contribution in [3.8, 4) is 11.8 Å². The van der Waals surface area contributed by atoms with Crippen LogP contribution in [0, 0.1) is 18.3 Å². The van der Waals surface area contributed by atoms with E-state index >= 15 is 0 Å². The number of ether oxygens (including phenoxy) is 1. The van der Waals surface area contributed by atoms with Gasteiger partial charge in [-0.25, -0.2) is 13.1 Å². The van der Waals surface area contributed by atoms with Crippen LogP contribution in [0.1, 0.15) is 16.7 Å². The van der Waals surface area contributed by atoms with Gasteiger partial charge in [0.05, 0.1) is 23.6 Å². The number of nitriles is 1. The van der Waals surface area contributed by atoms with Gasteiger partial charge in [0.15, 0.2) is 0 Å². The number of benzene rings is 2. The summed E-state index contributed by atoms with van der Waals surface area (Å²) in [7, 11) is -2.05. The van der Waals surface area contributed by atoms with Crippen LogP contribution in [0.4, 0.5) is 0 Å². The lowest BCUT2D eigenvalue weighted by atomic mass is 10.1. The molecule has 0 saturated carbocycles. The van der Waals surface area contributed by atoms with E-state index in [9.17, 15) is 8.42 Å². The number of hydrogen-bond acceptors (Lipinski definition) is 4. The first kappa shape index (κ1) is 17.0. The molecule has 0 radical (unpaired) electrons. The van der Waals surface area contributed by atoms with Crippen molar-refractivity contribution in [3.05, 3.63) is 59.2 Å². The average Bonchev–Trinajstić information content (AvgIpc) is 2.55. The van der Waals surface area contributed by atoms with Crippen LogP contribution in [-0.2, 0) is 16.4 Å². The second-order valence-electron chi connectivity index (χ2n) is 5.10. The number of sulfonamides is 1. The zero-order chi connectivity index (χ0) is 16.9. The smallest absolute Gasteiger partial charge is 0.240 e. The van der Waals surface area contributed by atoms with Crippen LogP contribution in [-0.4, -0.2) is 22.1 Å². The molecule has 0 aliphatic carbocycles. The minimum absolute atomic E-state index is 0.0905. The second kappa shape index (κ2) is 7.27. The molecule has 0 amide bonds. The normalized spacial score (nSPS) is 11.0. The van der Waals surface area contributed by atoms with E-state index in [0.29, 0.717) is 12.0 Å². The SMILES string of the molecule is COc1ccc(C)cc1CCNS(=O)(=O)c1cccc(C#N)c1. The summed E-state index contributed by atoms with van der Waals surface area (Å²) >= 11 is 0. The molecule has 2 aromatic rings. The van der Waals surface area contributed by atoms with Gasteiger partial charge in [-0.05, 0) is 43.2 Å². The first-order chi connectivity index (χ1) is 11.0. The summed E-state index contributed by atoms with van der Waals surface area (Å²) in [5.74, 6) is 0.737. The largest absolute Gasteiger partial charge is 0.496 e. The van der Waals surface area contributed by atoms with Crippen molar-refractivity contribution in [1.29, 1.82) is 5.26 Å². The standard InChI is InChI=1S/C17H18N2O3S/c1-13-6-7-17(22-2)15(10-13)8-9-19-23(20,21)16-5-3-4-14(11-16)12-18/h3-7,10-11,19H,8-9H2,1-2H3. The molecule has 5 nitrogen and oxygen atoms in total. The third kappa shape index (κ3) is 4.31. The van der Waals surface area contributed by atoms with Gasteiger partial charge >= 0.3 is 0 Å². The van der Waals surface area contributed by atoms with Crippen LogP contribution in [0.15, 0.2) is 47.4 Å². The van der Waals surface area contributed by atoms with Crippen molar-refractivity contribution < 1.29 is 13.2 Å². The van der Waals surface area contributed by atoms with Gasteiger partial charge < -0.3 is 4.74 Å². The predicted octanol–water partition coefficient (Wildman–Crippen LogP) is 2.40. The minimum Gasteiger partial charge on any atom is -0.496 e. The molecule has 0 atom stereocenters. The van der Waals surface area contributed by atoms with Crippen LogP contribution >= 0.6 is 0 Å². The Balaban J connectivity index is 2.08. The van der Waals surface area contributed by atoms with Crippen LogP contribution in [0.2, 0.25) is 0 Å². The topological polar surface area (TPSA) is 79.2 Å². The average molecular weight is 330 g/mol. The van der Waals surface area contributed by atoms with Gasteiger partial charge in [0.1, 0.15) is 5.75 Å². The quantitative estimate of drug-likeness (QED) is 0.882. The highest BCUT2D eigenvalue weighted by Crippen LogP contribution is 2.20. The van der Waals surface area contributed by atoms with Crippen molar-refractivity contribution in [1.82, 2.24) is 4.72 Å². The number of nitrogens with zero attached hydrogens (tertiary/aromatic N) is 1. The van der Waals surface area contributed by atoms with Gasteiger partial charge in [-0.2, -0.15) is 5.26 Å². The summed E-state index contributed by atoms with van der Waals surface area (Å²) in [6, 6.07) is 13.7. The van der Waals surface area contributed by atoms with E-state index in [-0.39, 0.29) is 11.4 Å². The number of methoxy groups -OCH3 is 1. The maximum atomic E-state index is 12.3. The third-order valence-electron chi connectivity index (χ3n) is 3.40. The third-order valence-corrected chi connectivity index (χ3v) is 4.85. The first-order valence-electron chi connectivity index (χ1n) is 7.09. The Morgan fingerprint density at radius 2 is 2.00 bits per heavy atom. The Labute approximate surface area is 136 Å². The number of hydrogen-bond donors (Lipinski definition) is 1. The van der Waals surface area contributed by atoms with Crippen LogP contribution in [0.25, 0.3) is 0 Å². The fourth-order valence-corrected chi connectivity index (χ4v) is 3.32. The highest BCUT2D eigenvalue weighted by atomic mass is 32.2. The molecule has 0 fully saturated rings. The van der Waals surface area contributed by atoms with E-state index in [1.807, 2.05) is 31.2 Å². The molecule has 0 unspecified atom stereocenters. The van der Waals surface area contributed by atoms with Gasteiger partial charge in [-0.1, -0.05) is 23.8 Å². The Morgan fingerprint density at radius 3 is 2.70 bits per heavy atom. The molecule has 0 aliphatic heterocycles. The lowest BCUT2D eigenvalue weighted by molar-refractivity contribution is 0.409. The molecule has 0 aromatic heterocycles. The molecular formula is C17H18N2O3S. The summed E-state index contributed by atoms with van der Waals surface area (Å²) in [4.78, 5) is 0.0905. The predicted molar refractivity (Wildman–Crippen MR) is 87.8 cm³/mol. The minimum atomic E-state index is -3.63. The number of nitrogens with one attached hydrogen (secondary N) is 1. The van der Waals surface area contributed by atoms with Gasteiger partial charge in [-0.15, -0.1) is 0 Å². The molecule has 2 rings (SSSR count). The fraction of sp³-hybridized carbons (Fsp3) is 0.235. The van der Waals surface area contributed by atoms with E-state index in [0.717, 1.165) is 16.9 Å². The van der Waals surface area contributed by atoms with Crippen molar-refractivity contribution in [2.24, 2.45) is 0 Å². The summed E-state index contributed by atoms with van der Waals surface area (Å²) < 4.78 is 32.4. The molecule has 1 N–H and O–H groups in total. The number of aryl methyl sites for hydroxylation is 1. The van der Waals surface area contributed by atoms with Crippen LogP contribution in [0.5, 0.6) is 5.75 Å². The van der Waals surface area contributed by atoms with E-state index in [4.69, 9.17) is 10.00 Å². The van der Waals surface area contributed by atoms with Crippen molar-refractivity contribution in [2.45, 2.75) is 18.2 Å².